The predicted octanol–water partition coefficient (Wildman–Crippen LogP) is 1.67. The first kappa shape index (κ1) is 21.6. The van der Waals surface area contributed by atoms with Gasteiger partial charge in [-0.25, -0.2) is 14.7 Å². The number of hydrogen-bond acceptors (Lipinski definition) is 7. The van der Waals surface area contributed by atoms with E-state index in [4.69, 9.17) is 4.74 Å². The molecular weight excluding hydrogens is 436 g/mol. The second kappa shape index (κ2) is 8.62. The number of aromatic nitrogens is 2. The molecule has 10 nitrogen and oxygen atoms in total. The minimum absolute atomic E-state index is 0.168. The van der Waals surface area contributed by atoms with Crippen molar-refractivity contribution in [2.45, 2.75) is 32.5 Å². The highest BCUT2D eigenvalue weighted by Crippen LogP contribution is 2.40. The summed E-state index contributed by atoms with van der Waals surface area (Å²) < 4.78 is 7.12. The van der Waals surface area contributed by atoms with Crippen LogP contribution in [0.3, 0.4) is 0 Å². The maximum Gasteiger partial charge on any atom is 0.426 e. The van der Waals surface area contributed by atoms with Crippen LogP contribution in [0.15, 0.2) is 66.0 Å². The third kappa shape index (κ3) is 3.76. The number of fused-ring (bicyclic) bond motifs is 1. The molecule has 3 amide bonds. The van der Waals surface area contributed by atoms with Gasteiger partial charge in [-0.1, -0.05) is 6.08 Å². The summed E-state index contributed by atoms with van der Waals surface area (Å²) in [4.78, 5) is 46.6. The number of rotatable bonds is 4. The number of hydrogen-bond donors (Lipinski definition) is 2. The molecule has 174 valence electrons. The van der Waals surface area contributed by atoms with Crippen molar-refractivity contribution >= 4 is 23.7 Å². The second-order valence-corrected chi connectivity index (χ2v) is 8.31. The maximum atomic E-state index is 13.7. The maximum absolute atomic E-state index is 13.7. The molecule has 1 fully saturated rings. The van der Waals surface area contributed by atoms with Gasteiger partial charge in [0.2, 0.25) is 0 Å². The lowest BCUT2D eigenvalue weighted by molar-refractivity contribution is -0.727. The number of nitrogens with one attached hydrogen (secondary N) is 2. The van der Waals surface area contributed by atoms with Crippen molar-refractivity contribution in [1.82, 2.24) is 20.5 Å². The number of amides is 3. The summed E-state index contributed by atoms with van der Waals surface area (Å²) in [6.07, 6.45) is 7.99. The Balaban J connectivity index is 1.50. The number of nitrogens with zero attached hydrogens (tertiary/aromatic N) is 4. The largest absolute Gasteiger partial charge is 0.426 e. The van der Waals surface area contributed by atoms with E-state index in [2.05, 4.69) is 15.6 Å². The van der Waals surface area contributed by atoms with Gasteiger partial charge in [-0.2, -0.15) is 4.57 Å². The lowest BCUT2D eigenvalue weighted by atomic mass is 10.1. The number of carbonyl (C=O) groups excluding carboxylic acids is 3. The first-order chi connectivity index (χ1) is 16.5. The van der Waals surface area contributed by atoms with Crippen LogP contribution in [0.1, 0.15) is 40.5 Å². The Bertz CT molecular complexity index is 1250. The van der Waals surface area contributed by atoms with Gasteiger partial charge in [0.05, 0.1) is 11.3 Å². The molecule has 10 heteroatoms. The van der Waals surface area contributed by atoms with Gasteiger partial charge in [0, 0.05) is 31.9 Å². The lowest BCUT2D eigenvalue weighted by Crippen LogP contribution is -2.44. The number of carbonyl (C=O) groups is 3. The van der Waals surface area contributed by atoms with Crippen LogP contribution in [0.4, 0.5) is 10.6 Å². The number of ether oxygens (including phenoxy) is 1. The number of allylic oxidation sites excluding steroid dienone is 1. The molecule has 2 aromatic rings. The Kier molecular flexibility index (Phi) is 5.48. The summed E-state index contributed by atoms with van der Waals surface area (Å²) in [5.74, 6) is 0.466. The third-order valence-electron chi connectivity index (χ3n) is 5.97. The lowest BCUT2D eigenvalue weighted by Gasteiger charge is -2.32. The Morgan fingerprint density at radius 2 is 2.12 bits per heavy atom. The number of anilines is 1. The minimum Gasteiger partial charge on any atom is -0.388 e. The van der Waals surface area contributed by atoms with E-state index in [0.717, 1.165) is 23.3 Å². The predicted molar refractivity (Wildman–Crippen MR) is 121 cm³/mol. The van der Waals surface area contributed by atoms with Crippen LogP contribution >= 0.6 is 0 Å². The molecule has 0 aromatic carbocycles. The molecule has 3 aliphatic rings. The molecule has 5 rings (SSSR count). The monoisotopic (exact) mass is 461 g/mol. The van der Waals surface area contributed by atoms with Crippen LogP contribution in [0.2, 0.25) is 0 Å². The molecule has 2 aliphatic heterocycles. The fraction of sp³-hybridized carbons (Fsp3) is 0.292. The van der Waals surface area contributed by atoms with Gasteiger partial charge in [0.25, 0.3) is 18.5 Å². The Morgan fingerprint density at radius 3 is 2.88 bits per heavy atom. The number of dihydropyridines is 1. The van der Waals surface area contributed by atoms with E-state index in [1.54, 1.807) is 54.5 Å². The minimum atomic E-state index is -0.806. The molecule has 0 bridgehead atoms. The molecule has 0 unspecified atom stereocenters. The highest BCUT2D eigenvalue weighted by Gasteiger charge is 2.44. The second-order valence-electron chi connectivity index (χ2n) is 8.31. The van der Waals surface area contributed by atoms with Crippen molar-refractivity contribution in [3.05, 3.63) is 77.2 Å². The third-order valence-corrected chi connectivity index (χ3v) is 5.97. The Morgan fingerprint density at radius 1 is 1.29 bits per heavy atom. The van der Waals surface area contributed by atoms with E-state index >= 15 is 0 Å². The Labute approximate surface area is 196 Å². The van der Waals surface area contributed by atoms with Gasteiger partial charge in [0.1, 0.15) is 17.2 Å². The average molecular weight is 462 g/mol. The fourth-order valence-corrected chi connectivity index (χ4v) is 4.17. The van der Waals surface area contributed by atoms with E-state index in [1.807, 2.05) is 17.9 Å². The SMILES string of the molecule is CNC(=O)c1ccc[n+](COC(=O)N2C(=O)c3cccnc3N(C3CC3)C3=C2C(C)=CCN3)c1. The zero-order valence-corrected chi connectivity index (χ0v) is 18.9. The zero-order chi connectivity index (χ0) is 23.8. The van der Waals surface area contributed by atoms with E-state index in [1.165, 1.54) is 0 Å². The molecule has 2 aromatic heterocycles. The van der Waals surface area contributed by atoms with E-state index in [-0.39, 0.29) is 18.7 Å². The topological polar surface area (TPSA) is 108 Å². The van der Waals surface area contributed by atoms with E-state index in [0.29, 0.717) is 35.0 Å². The molecule has 1 aliphatic carbocycles. The van der Waals surface area contributed by atoms with Crippen LogP contribution in [0, 0.1) is 0 Å². The normalized spacial score (nSPS) is 17.2. The van der Waals surface area contributed by atoms with Gasteiger partial charge in [-0.05, 0) is 43.5 Å². The van der Waals surface area contributed by atoms with Crippen molar-refractivity contribution in [3.63, 3.8) is 0 Å². The molecule has 1 saturated carbocycles. The summed E-state index contributed by atoms with van der Waals surface area (Å²) >= 11 is 0. The average Bonchev–Trinajstić information content (AvgIpc) is 3.70. The molecule has 0 spiro atoms. The summed E-state index contributed by atoms with van der Waals surface area (Å²) in [5, 5.41) is 5.91. The van der Waals surface area contributed by atoms with Crippen molar-refractivity contribution in [1.29, 1.82) is 0 Å². The van der Waals surface area contributed by atoms with Crippen molar-refractivity contribution < 1.29 is 23.7 Å². The Hall–Kier alpha value is -4.21. The van der Waals surface area contributed by atoms with Crippen LogP contribution in [-0.4, -0.2) is 47.4 Å². The zero-order valence-electron chi connectivity index (χ0n) is 18.9. The van der Waals surface area contributed by atoms with E-state index < -0.39 is 12.0 Å². The van der Waals surface area contributed by atoms with Crippen LogP contribution < -0.4 is 20.1 Å². The van der Waals surface area contributed by atoms with Crippen LogP contribution in [0.5, 0.6) is 0 Å². The van der Waals surface area contributed by atoms with Gasteiger partial charge >= 0.3 is 6.09 Å². The van der Waals surface area contributed by atoms with Gasteiger partial charge in [-0.15, -0.1) is 0 Å². The first-order valence-corrected chi connectivity index (χ1v) is 11.1. The molecule has 0 atom stereocenters. The van der Waals surface area contributed by atoms with Crippen molar-refractivity contribution in [2.24, 2.45) is 0 Å². The summed E-state index contributed by atoms with van der Waals surface area (Å²) in [5.41, 5.74) is 2.03. The van der Waals surface area contributed by atoms with Crippen molar-refractivity contribution in [2.75, 3.05) is 18.5 Å². The summed E-state index contributed by atoms with van der Waals surface area (Å²) in [7, 11) is 1.54. The molecule has 34 heavy (non-hydrogen) atoms. The smallest absolute Gasteiger partial charge is 0.388 e. The molecule has 0 radical (unpaired) electrons. The molecule has 0 saturated heterocycles. The highest BCUT2D eigenvalue weighted by molar-refractivity contribution is 6.09. The van der Waals surface area contributed by atoms with Gasteiger partial charge in [0.15, 0.2) is 12.4 Å². The summed E-state index contributed by atoms with van der Waals surface area (Å²) in [6.45, 7) is 2.29. The van der Waals surface area contributed by atoms with Gasteiger partial charge in [-0.3, -0.25) is 9.59 Å². The quantitative estimate of drug-likeness (QED) is 0.667. The number of pyridine rings is 2. The van der Waals surface area contributed by atoms with E-state index in [9.17, 15) is 14.4 Å². The van der Waals surface area contributed by atoms with Gasteiger partial charge < -0.3 is 20.3 Å². The molecular formula is C24H25N6O4+. The standard InChI is InChI=1S/C24H24N6O4/c1-15-9-11-27-21-19(15)30(23(32)18-6-3-10-26-20(18)29(21)17-7-8-17)24(33)34-14-28-12-4-5-16(13-28)22(31)25-2/h3-6,9-10,12-13,17,27H,7-8,11,14H2,1-2H3/p+1. The molecule has 2 N–H and O–H groups in total. The van der Waals surface area contributed by atoms with Crippen molar-refractivity contribution in [3.8, 4) is 0 Å². The summed E-state index contributed by atoms with van der Waals surface area (Å²) in [6, 6.07) is 6.92. The van der Waals surface area contributed by atoms with Crippen LogP contribution in [0.25, 0.3) is 0 Å². The fourth-order valence-electron chi connectivity index (χ4n) is 4.17. The molecule has 4 heterocycles. The number of imide groups is 1. The van der Waals surface area contributed by atoms with Crippen LogP contribution in [-0.2, 0) is 11.5 Å². The highest BCUT2D eigenvalue weighted by atomic mass is 16.6. The first-order valence-electron chi connectivity index (χ1n) is 11.1.